The maximum absolute atomic E-state index is 12.5. The van der Waals surface area contributed by atoms with E-state index < -0.39 is 11.6 Å². The van der Waals surface area contributed by atoms with Crippen LogP contribution in [0.15, 0.2) is 0 Å². The van der Waals surface area contributed by atoms with Crippen LogP contribution >= 0.6 is 0 Å². The van der Waals surface area contributed by atoms with Crippen LogP contribution in [0.3, 0.4) is 0 Å². The molecule has 0 bridgehead atoms. The van der Waals surface area contributed by atoms with Crippen LogP contribution < -0.4 is 5.32 Å². The molecule has 6 nitrogen and oxygen atoms in total. The molecule has 1 rings (SSSR count). The van der Waals surface area contributed by atoms with Gasteiger partial charge in [-0.2, -0.15) is 0 Å². The Hall–Kier alpha value is -1.30. The Kier molecular flexibility index (Phi) is 6.66. The molecule has 0 aromatic rings. The van der Waals surface area contributed by atoms with Crippen LogP contribution in [0.2, 0.25) is 0 Å². The molecule has 0 aromatic heterocycles. The predicted molar refractivity (Wildman–Crippen MR) is 84.9 cm³/mol. The molecule has 128 valence electrons. The van der Waals surface area contributed by atoms with E-state index in [4.69, 9.17) is 9.84 Å². The lowest BCUT2D eigenvalue weighted by molar-refractivity contribution is -0.136. The number of nitrogens with zero attached hydrogens (tertiary/aromatic N) is 1. The van der Waals surface area contributed by atoms with Gasteiger partial charge in [0.1, 0.15) is 5.60 Å². The summed E-state index contributed by atoms with van der Waals surface area (Å²) in [6, 6.07) is -0.0187. The molecule has 2 atom stereocenters. The second-order valence-corrected chi connectivity index (χ2v) is 7.21. The monoisotopic (exact) mass is 314 g/mol. The molecule has 1 aliphatic rings. The average molecular weight is 314 g/mol. The summed E-state index contributed by atoms with van der Waals surface area (Å²) < 4.78 is 5.53. The van der Waals surface area contributed by atoms with Crippen molar-refractivity contribution in [2.75, 3.05) is 6.54 Å². The number of rotatable bonds is 5. The summed E-state index contributed by atoms with van der Waals surface area (Å²) in [6.07, 6.45) is 3.52. The summed E-state index contributed by atoms with van der Waals surface area (Å²) in [5, 5.41) is 11.9. The van der Waals surface area contributed by atoms with Crippen molar-refractivity contribution in [1.29, 1.82) is 0 Å². The minimum atomic E-state index is -0.877. The van der Waals surface area contributed by atoms with Crippen molar-refractivity contribution < 1.29 is 19.4 Å². The Morgan fingerprint density at radius 1 is 1.27 bits per heavy atom. The minimum Gasteiger partial charge on any atom is -0.480 e. The maximum atomic E-state index is 12.5. The first-order chi connectivity index (χ1) is 10.1. The van der Waals surface area contributed by atoms with Gasteiger partial charge >= 0.3 is 12.1 Å². The summed E-state index contributed by atoms with van der Waals surface area (Å²) in [5.74, 6) is -0.877. The second kappa shape index (κ2) is 7.81. The highest BCUT2D eigenvalue weighted by molar-refractivity contribution is 5.70. The quantitative estimate of drug-likeness (QED) is 0.815. The largest absolute Gasteiger partial charge is 0.480 e. The molecule has 1 amide bonds. The molecule has 0 heterocycles. The molecule has 0 spiro atoms. The van der Waals surface area contributed by atoms with Gasteiger partial charge < -0.3 is 20.1 Å². The van der Waals surface area contributed by atoms with E-state index in [1.54, 1.807) is 4.90 Å². The van der Waals surface area contributed by atoms with E-state index in [1.165, 1.54) is 0 Å². The summed E-state index contributed by atoms with van der Waals surface area (Å²) >= 11 is 0. The van der Waals surface area contributed by atoms with Crippen LogP contribution in [0, 0.1) is 0 Å². The van der Waals surface area contributed by atoms with E-state index in [9.17, 15) is 9.59 Å². The number of carboxylic acid groups (broad SMARTS) is 1. The molecule has 0 unspecified atom stereocenters. The topological polar surface area (TPSA) is 78.9 Å². The van der Waals surface area contributed by atoms with Crippen LogP contribution in [0.5, 0.6) is 0 Å². The predicted octanol–water partition coefficient (Wildman–Crippen LogP) is 2.62. The van der Waals surface area contributed by atoms with Crippen molar-refractivity contribution in [2.45, 2.75) is 84.0 Å². The van der Waals surface area contributed by atoms with Crippen LogP contribution in [-0.4, -0.2) is 52.3 Å². The first-order valence-electron chi connectivity index (χ1n) is 8.08. The third-order valence-electron chi connectivity index (χ3n) is 3.76. The molecule has 0 radical (unpaired) electrons. The zero-order valence-corrected chi connectivity index (χ0v) is 14.4. The van der Waals surface area contributed by atoms with Gasteiger partial charge in [0.25, 0.3) is 0 Å². The number of hydrogen-bond donors (Lipinski definition) is 2. The first-order valence-corrected chi connectivity index (χ1v) is 8.08. The van der Waals surface area contributed by atoms with Crippen molar-refractivity contribution in [3.63, 3.8) is 0 Å². The number of carbonyl (C=O) groups excluding carboxylic acids is 1. The Bertz CT molecular complexity index is 390. The Balaban J connectivity index is 2.85. The third-order valence-corrected chi connectivity index (χ3v) is 3.76. The van der Waals surface area contributed by atoms with Gasteiger partial charge in [0, 0.05) is 12.1 Å². The van der Waals surface area contributed by atoms with Gasteiger partial charge in [-0.05, 0) is 47.5 Å². The molecule has 1 saturated carbocycles. The summed E-state index contributed by atoms with van der Waals surface area (Å²) in [7, 11) is 0. The van der Waals surface area contributed by atoms with Crippen LogP contribution in [0.25, 0.3) is 0 Å². The smallest absolute Gasteiger partial charge is 0.410 e. The number of carbonyl (C=O) groups is 2. The van der Waals surface area contributed by atoms with Gasteiger partial charge in [-0.25, -0.2) is 4.79 Å². The number of nitrogens with one attached hydrogen (secondary N) is 1. The Morgan fingerprint density at radius 3 is 2.36 bits per heavy atom. The lowest BCUT2D eigenvalue weighted by atomic mass is 9.88. The second-order valence-electron chi connectivity index (χ2n) is 7.21. The lowest BCUT2D eigenvalue weighted by Crippen LogP contribution is -2.57. The maximum Gasteiger partial charge on any atom is 0.410 e. The number of amides is 1. The highest BCUT2D eigenvalue weighted by Crippen LogP contribution is 2.26. The highest BCUT2D eigenvalue weighted by atomic mass is 16.6. The van der Waals surface area contributed by atoms with Crippen molar-refractivity contribution >= 4 is 12.1 Å². The number of aliphatic carboxylic acids is 1. The Morgan fingerprint density at radius 2 is 1.86 bits per heavy atom. The fourth-order valence-corrected chi connectivity index (χ4v) is 2.94. The van der Waals surface area contributed by atoms with Crippen LogP contribution in [-0.2, 0) is 9.53 Å². The molecular weight excluding hydrogens is 284 g/mol. The average Bonchev–Trinajstić information content (AvgIpc) is 2.35. The summed E-state index contributed by atoms with van der Waals surface area (Å²) in [6.45, 7) is 9.40. The standard InChI is InChI=1S/C16H30N2O4/c1-11(2)18(15(21)22-16(3,4)5)13-9-7-6-8-12(13)17-10-14(19)20/h11-13,17H,6-10H2,1-5H3,(H,19,20)/t12-,13+/m0/s1. The van der Waals surface area contributed by atoms with Gasteiger partial charge in [0.15, 0.2) is 0 Å². The molecule has 22 heavy (non-hydrogen) atoms. The first kappa shape index (κ1) is 18.7. The molecule has 1 aliphatic carbocycles. The zero-order chi connectivity index (χ0) is 16.9. The number of carboxylic acids is 1. The van der Waals surface area contributed by atoms with E-state index in [2.05, 4.69) is 5.32 Å². The molecule has 0 aromatic carbocycles. The molecule has 0 aliphatic heterocycles. The summed E-state index contributed by atoms with van der Waals surface area (Å²) in [4.78, 5) is 25.1. The van der Waals surface area contributed by atoms with E-state index in [1.807, 2.05) is 34.6 Å². The van der Waals surface area contributed by atoms with Gasteiger partial charge in [0.2, 0.25) is 0 Å². The van der Waals surface area contributed by atoms with E-state index in [0.29, 0.717) is 0 Å². The third kappa shape index (κ3) is 5.83. The van der Waals surface area contributed by atoms with Crippen molar-refractivity contribution in [1.82, 2.24) is 10.2 Å². The SMILES string of the molecule is CC(C)N(C(=O)OC(C)(C)C)[C@@H]1CCCC[C@@H]1NCC(=O)O. The zero-order valence-electron chi connectivity index (χ0n) is 14.4. The van der Waals surface area contributed by atoms with E-state index in [-0.39, 0.29) is 30.8 Å². The van der Waals surface area contributed by atoms with Gasteiger partial charge in [-0.15, -0.1) is 0 Å². The number of ether oxygens (including phenoxy) is 1. The minimum absolute atomic E-state index is 0.000214. The Labute approximate surface area is 133 Å². The van der Waals surface area contributed by atoms with Gasteiger partial charge in [-0.3, -0.25) is 4.79 Å². The van der Waals surface area contributed by atoms with E-state index in [0.717, 1.165) is 25.7 Å². The molecule has 2 N–H and O–H groups in total. The normalized spacial score (nSPS) is 22.5. The van der Waals surface area contributed by atoms with Crippen molar-refractivity contribution in [3.8, 4) is 0 Å². The fourth-order valence-electron chi connectivity index (χ4n) is 2.94. The van der Waals surface area contributed by atoms with Crippen molar-refractivity contribution in [3.05, 3.63) is 0 Å². The van der Waals surface area contributed by atoms with Crippen LogP contribution in [0.1, 0.15) is 60.3 Å². The number of hydrogen-bond acceptors (Lipinski definition) is 4. The van der Waals surface area contributed by atoms with Crippen molar-refractivity contribution in [2.24, 2.45) is 0 Å². The summed E-state index contributed by atoms with van der Waals surface area (Å²) in [5.41, 5.74) is -0.539. The van der Waals surface area contributed by atoms with Crippen LogP contribution in [0.4, 0.5) is 4.79 Å². The van der Waals surface area contributed by atoms with E-state index >= 15 is 0 Å². The molecule has 1 fully saturated rings. The van der Waals surface area contributed by atoms with Gasteiger partial charge in [-0.1, -0.05) is 12.8 Å². The lowest BCUT2D eigenvalue weighted by Gasteiger charge is -2.42. The molecule has 6 heteroatoms. The molecule has 0 saturated heterocycles. The highest BCUT2D eigenvalue weighted by Gasteiger charge is 2.36. The molecular formula is C16H30N2O4. The fraction of sp³-hybridized carbons (Fsp3) is 0.875. The van der Waals surface area contributed by atoms with Gasteiger partial charge in [0.05, 0.1) is 12.6 Å².